The fourth-order valence-corrected chi connectivity index (χ4v) is 8.79. The molecule has 2 N–H and O–H groups in total. The highest BCUT2D eigenvalue weighted by molar-refractivity contribution is 7.94. The van der Waals surface area contributed by atoms with E-state index in [9.17, 15) is 28.6 Å². The van der Waals surface area contributed by atoms with Crippen molar-refractivity contribution in [2.75, 3.05) is 0 Å². The number of rotatable bonds is 6. The van der Waals surface area contributed by atoms with Crippen molar-refractivity contribution in [1.82, 2.24) is 19.9 Å². The van der Waals surface area contributed by atoms with Crippen molar-refractivity contribution in [3.8, 4) is 0 Å². The van der Waals surface area contributed by atoms with Crippen molar-refractivity contribution in [3.05, 3.63) is 91.4 Å². The van der Waals surface area contributed by atoms with Crippen LogP contribution in [-0.2, 0) is 9.84 Å². The fourth-order valence-electron chi connectivity index (χ4n) is 4.90. The van der Waals surface area contributed by atoms with Crippen LogP contribution in [0.15, 0.2) is 59.5 Å². The monoisotopic (exact) mass is 568 g/mol. The Balaban J connectivity index is 2.03. The first-order valence-corrected chi connectivity index (χ1v) is 13.2. The van der Waals surface area contributed by atoms with Gasteiger partial charge in [0.1, 0.15) is 21.1 Å². The predicted molar refractivity (Wildman–Crippen MR) is 138 cm³/mol. The second kappa shape index (κ2) is 8.92. The Labute approximate surface area is 221 Å². The van der Waals surface area contributed by atoms with Crippen molar-refractivity contribution >= 4 is 44.2 Å². The smallest absolute Gasteiger partial charge is 0.277 e. The molecular weight excluding hydrogens is 547 g/mol. The molecule has 0 saturated heterocycles. The zero-order chi connectivity index (χ0) is 27.5. The number of aromatic amines is 2. The third-order valence-corrected chi connectivity index (χ3v) is 12.1. The molecule has 2 heterocycles. The van der Waals surface area contributed by atoms with E-state index >= 15 is 0 Å². The molecule has 0 saturated carbocycles. The number of nitro groups is 2. The van der Waals surface area contributed by atoms with Crippen LogP contribution in [0.25, 0.3) is 11.1 Å². The molecule has 2 aliphatic carbocycles. The molecule has 0 aliphatic heterocycles. The van der Waals surface area contributed by atoms with Gasteiger partial charge in [-0.1, -0.05) is 0 Å². The average Bonchev–Trinajstić information content (AvgIpc) is 3.54. The molecule has 2 aliphatic rings. The van der Waals surface area contributed by atoms with Gasteiger partial charge in [0.15, 0.2) is 9.84 Å². The number of hydrogen-bond acceptors (Lipinski definition) is 8. The van der Waals surface area contributed by atoms with Gasteiger partial charge in [0.2, 0.25) is 0 Å². The number of nitrogens with zero attached hydrogens (tertiary/aromatic N) is 4. The van der Waals surface area contributed by atoms with Crippen molar-refractivity contribution in [2.45, 2.75) is 47.9 Å². The molecule has 0 spiro atoms. The lowest BCUT2D eigenvalue weighted by molar-refractivity contribution is -0.417. The number of nitrogens with one attached hydrogen (secondary N) is 2. The Kier molecular flexibility index (Phi) is 6.46. The number of alkyl halides is 2. The minimum Gasteiger partial charge on any atom is -0.344 e. The molecule has 4 rings (SSSR count). The van der Waals surface area contributed by atoms with Crippen LogP contribution in [-0.4, -0.2) is 58.4 Å². The van der Waals surface area contributed by atoms with Gasteiger partial charge in [-0.2, -0.15) is 0 Å². The molecule has 0 fully saturated rings. The van der Waals surface area contributed by atoms with Crippen LogP contribution in [0.2, 0.25) is 0 Å². The lowest BCUT2D eigenvalue weighted by Crippen LogP contribution is -2.59. The van der Waals surface area contributed by atoms with Gasteiger partial charge in [-0.15, -0.1) is 23.2 Å². The molecule has 2 aromatic rings. The Morgan fingerprint density at radius 1 is 0.838 bits per heavy atom. The largest absolute Gasteiger partial charge is 0.344 e. The van der Waals surface area contributed by atoms with E-state index in [0.29, 0.717) is 0 Å². The van der Waals surface area contributed by atoms with Gasteiger partial charge in [0, 0.05) is 36.9 Å². The third kappa shape index (κ3) is 3.59. The summed E-state index contributed by atoms with van der Waals surface area (Å²) >= 11 is 13.3. The Bertz CT molecular complexity index is 1420. The van der Waals surface area contributed by atoms with Crippen LogP contribution in [0, 0.1) is 20.2 Å². The zero-order valence-corrected chi connectivity index (χ0v) is 22.3. The summed E-state index contributed by atoms with van der Waals surface area (Å²) in [6, 6.07) is 0. The van der Waals surface area contributed by atoms with Crippen LogP contribution in [0.1, 0.15) is 39.3 Å². The summed E-state index contributed by atoms with van der Waals surface area (Å²) in [6.07, 6.45) is 7.82. The lowest BCUT2D eigenvalue weighted by Gasteiger charge is -2.46. The van der Waals surface area contributed by atoms with Gasteiger partial charge in [0.25, 0.3) is 11.4 Å². The summed E-state index contributed by atoms with van der Waals surface area (Å²) < 4.78 is 25.6. The molecule has 0 radical (unpaired) electrons. The van der Waals surface area contributed by atoms with Crippen molar-refractivity contribution in [3.63, 3.8) is 0 Å². The molecule has 4 unspecified atom stereocenters. The molecule has 0 amide bonds. The second-order valence-electron chi connectivity index (χ2n) is 9.01. The summed E-state index contributed by atoms with van der Waals surface area (Å²) in [7, 11) is -4.52. The van der Waals surface area contributed by atoms with Crippen molar-refractivity contribution in [2.24, 2.45) is 0 Å². The summed E-state index contributed by atoms with van der Waals surface area (Å²) in [6.45, 7) is 5.63. The number of H-pyrrole nitrogens is 2. The Hall–Kier alpha value is -3.29. The van der Waals surface area contributed by atoms with Crippen LogP contribution in [0.4, 0.5) is 0 Å². The highest BCUT2D eigenvalue weighted by Gasteiger charge is 2.63. The summed E-state index contributed by atoms with van der Waals surface area (Å²) in [5.41, 5.74) is -0.655. The van der Waals surface area contributed by atoms with E-state index in [1.165, 1.54) is 52.5 Å². The highest BCUT2D eigenvalue weighted by atomic mass is 35.5. The number of imidazole rings is 2. The van der Waals surface area contributed by atoms with Crippen molar-refractivity contribution in [1.29, 1.82) is 0 Å². The first kappa shape index (κ1) is 26.8. The SMILES string of the molecule is CC1=C(c2ncc[nH]2)C([N+](=O)[O-])=CC(Cl)C1(C)S(=O)(=O)C1(C)C(C)=C(c2ncc[nH]2)C([N+](=O)[O-])=CC1Cl. The average molecular weight is 569 g/mol. The maximum absolute atomic E-state index is 14.7. The molecule has 196 valence electrons. The number of sulfone groups is 1. The molecule has 0 bridgehead atoms. The molecule has 12 nitrogen and oxygen atoms in total. The predicted octanol–water partition coefficient (Wildman–Crippen LogP) is 3.88. The minimum absolute atomic E-state index is 0.0158. The van der Waals surface area contributed by atoms with Crippen LogP contribution in [0.5, 0.6) is 0 Å². The van der Waals surface area contributed by atoms with E-state index in [4.69, 9.17) is 23.2 Å². The standard InChI is InChI=1S/C22H22Cl2N6O6S/c1-11-17(19-25-5-6-26-19)13(29(31)32)9-15(23)21(11,3)37(35,36)22(4)12(2)18(20-27-7-8-28-20)14(30(33)34)10-16(22)24/h5-10,15-16H,1-4H3,(H,25,26)(H,27,28). The van der Waals surface area contributed by atoms with Crippen LogP contribution >= 0.6 is 23.2 Å². The minimum atomic E-state index is -4.52. The first-order chi connectivity index (χ1) is 17.2. The lowest BCUT2D eigenvalue weighted by atomic mass is 9.85. The normalized spacial score (nSPS) is 28.7. The maximum Gasteiger partial charge on any atom is 0.277 e. The number of halogens is 2. The quantitative estimate of drug-likeness (QED) is 0.299. The third-order valence-electron chi connectivity index (χ3n) is 7.39. The van der Waals surface area contributed by atoms with E-state index in [2.05, 4.69) is 19.9 Å². The van der Waals surface area contributed by atoms with Crippen molar-refractivity contribution < 1.29 is 18.3 Å². The zero-order valence-electron chi connectivity index (χ0n) is 20.0. The maximum atomic E-state index is 14.7. The first-order valence-electron chi connectivity index (χ1n) is 10.9. The summed E-state index contributed by atoms with van der Waals surface area (Å²) in [5.74, 6) is 0.196. The Morgan fingerprint density at radius 3 is 1.46 bits per heavy atom. The van der Waals surface area contributed by atoms with Gasteiger partial charge in [0.05, 0.1) is 31.7 Å². The molecule has 2 aromatic heterocycles. The molecule has 0 aromatic carbocycles. The summed E-state index contributed by atoms with van der Waals surface area (Å²) in [5, 5.41) is 21.0. The van der Waals surface area contributed by atoms with E-state index in [0.717, 1.165) is 12.2 Å². The van der Waals surface area contributed by atoms with E-state index < -0.39 is 51.3 Å². The number of aromatic nitrogens is 4. The Morgan fingerprint density at radius 2 is 1.19 bits per heavy atom. The molecule has 37 heavy (non-hydrogen) atoms. The second-order valence-corrected chi connectivity index (χ2v) is 12.7. The molecular formula is C22H22Cl2N6O6S. The van der Waals surface area contributed by atoms with Gasteiger partial charge in [-0.05, 0) is 38.8 Å². The van der Waals surface area contributed by atoms with Gasteiger partial charge < -0.3 is 9.97 Å². The number of hydrogen-bond donors (Lipinski definition) is 2. The van der Waals surface area contributed by atoms with Crippen LogP contribution < -0.4 is 0 Å². The number of allylic oxidation sites excluding steroid dienone is 4. The topological polar surface area (TPSA) is 178 Å². The van der Waals surface area contributed by atoms with E-state index in [1.807, 2.05) is 0 Å². The van der Waals surface area contributed by atoms with Gasteiger partial charge >= 0.3 is 0 Å². The highest BCUT2D eigenvalue weighted by Crippen LogP contribution is 2.53. The van der Waals surface area contributed by atoms with E-state index in [-0.39, 0.29) is 33.9 Å². The van der Waals surface area contributed by atoms with Crippen LogP contribution in [0.3, 0.4) is 0 Å². The summed E-state index contributed by atoms with van der Waals surface area (Å²) in [4.78, 5) is 36.3. The van der Waals surface area contributed by atoms with E-state index in [1.54, 1.807) is 0 Å². The fraction of sp³-hybridized carbons (Fsp3) is 0.364. The van der Waals surface area contributed by atoms with Gasteiger partial charge in [-0.3, -0.25) is 20.2 Å². The van der Waals surface area contributed by atoms with Gasteiger partial charge in [-0.25, -0.2) is 18.4 Å². The molecule has 15 heteroatoms. The molecule has 4 atom stereocenters.